The molecule has 0 saturated heterocycles. The van der Waals surface area contributed by atoms with E-state index in [9.17, 15) is 4.79 Å². The lowest BCUT2D eigenvalue weighted by Crippen LogP contribution is -1.99. The van der Waals surface area contributed by atoms with E-state index in [1.165, 1.54) is 17.2 Å². The number of carboxylic acid groups (broad SMARTS) is 1. The first-order valence-electron chi connectivity index (χ1n) is 6.36. The smallest absolute Gasteiger partial charge is 0.371 e. The summed E-state index contributed by atoms with van der Waals surface area (Å²) in [6.45, 7) is 4.18. The monoisotopic (exact) mass is 259 g/mol. The zero-order valence-electron chi connectivity index (χ0n) is 11.1. The van der Waals surface area contributed by atoms with Crippen LogP contribution in [-0.2, 0) is 12.8 Å². The molecule has 0 spiro atoms. The van der Waals surface area contributed by atoms with Gasteiger partial charge in [-0.3, -0.25) is 0 Å². The minimum Gasteiger partial charge on any atom is -0.475 e. The van der Waals surface area contributed by atoms with Gasteiger partial charge < -0.3 is 14.8 Å². The van der Waals surface area contributed by atoms with Gasteiger partial charge in [0.25, 0.3) is 0 Å². The number of para-hydroxylation sites is 1. The molecule has 2 aromatic rings. The van der Waals surface area contributed by atoms with Crippen molar-refractivity contribution in [2.24, 2.45) is 0 Å². The number of nitrogens with one attached hydrogen (secondary N) is 1. The van der Waals surface area contributed by atoms with E-state index in [2.05, 4.69) is 31.3 Å². The van der Waals surface area contributed by atoms with Crippen molar-refractivity contribution < 1.29 is 14.3 Å². The Morgan fingerprint density at radius 1 is 1.16 bits per heavy atom. The topological polar surface area (TPSA) is 62.5 Å². The normalized spacial score (nSPS) is 10.4. The highest BCUT2D eigenvalue weighted by Gasteiger charge is 2.11. The summed E-state index contributed by atoms with van der Waals surface area (Å²) in [4.78, 5) is 10.8. The number of benzene rings is 1. The summed E-state index contributed by atoms with van der Waals surface area (Å²) in [6.07, 6.45) is 1.81. The molecule has 0 amide bonds. The van der Waals surface area contributed by atoms with Crippen LogP contribution in [-0.4, -0.2) is 11.1 Å². The van der Waals surface area contributed by atoms with Crippen LogP contribution in [0.25, 0.3) is 0 Å². The van der Waals surface area contributed by atoms with Crippen molar-refractivity contribution in [3.8, 4) is 0 Å². The van der Waals surface area contributed by atoms with Crippen LogP contribution >= 0.6 is 0 Å². The Balaban J connectivity index is 2.33. The second-order valence-electron chi connectivity index (χ2n) is 4.25. The van der Waals surface area contributed by atoms with Crippen molar-refractivity contribution in [3.05, 3.63) is 47.2 Å². The van der Waals surface area contributed by atoms with Gasteiger partial charge >= 0.3 is 5.97 Å². The second kappa shape index (κ2) is 5.61. The fraction of sp³-hybridized carbons (Fsp3) is 0.267. The van der Waals surface area contributed by atoms with Crippen molar-refractivity contribution in [2.45, 2.75) is 26.7 Å². The van der Waals surface area contributed by atoms with Crippen LogP contribution in [0, 0.1) is 0 Å². The molecule has 0 unspecified atom stereocenters. The summed E-state index contributed by atoms with van der Waals surface area (Å²) in [5, 5.41) is 12.0. The Labute approximate surface area is 112 Å². The van der Waals surface area contributed by atoms with Crippen molar-refractivity contribution in [3.63, 3.8) is 0 Å². The number of hydrogen-bond acceptors (Lipinski definition) is 3. The molecule has 1 aromatic carbocycles. The number of carboxylic acids is 1. The number of hydrogen-bond donors (Lipinski definition) is 2. The number of furan rings is 1. The third kappa shape index (κ3) is 2.78. The highest BCUT2D eigenvalue weighted by Crippen LogP contribution is 2.27. The van der Waals surface area contributed by atoms with Gasteiger partial charge in [0.05, 0.1) is 0 Å². The quantitative estimate of drug-likeness (QED) is 0.856. The molecule has 4 heteroatoms. The maximum atomic E-state index is 10.8. The summed E-state index contributed by atoms with van der Waals surface area (Å²) in [7, 11) is 0. The number of aryl methyl sites for hydroxylation is 2. The number of rotatable bonds is 5. The van der Waals surface area contributed by atoms with Gasteiger partial charge in [0.15, 0.2) is 5.88 Å². The molecule has 0 atom stereocenters. The molecule has 0 aliphatic heterocycles. The molecule has 0 fully saturated rings. The van der Waals surface area contributed by atoms with E-state index in [1.807, 2.05) is 6.07 Å². The van der Waals surface area contributed by atoms with E-state index < -0.39 is 5.97 Å². The van der Waals surface area contributed by atoms with E-state index in [0.29, 0.717) is 5.88 Å². The standard InChI is InChI=1S/C15H17NO3/c1-3-10-6-5-7-11(4-2)14(10)16-13-9-8-12(19-13)15(17)18/h5-9,16H,3-4H2,1-2H3,(H,17,18). The van der Waals surface area contributed by atoms with E-state index in [-0.39, 0.29) is 5.76 Å². The molecular weight excluding hydrogens is 242 g/mol. The zero-order chi connectivity index (χ0) is 13.8. The molecule has 19 heavy (non-hydrogen) atoms. The molecule has 2 N–H and O–H groups in total. The van der Waals surface area contributed by atoms with Crippen LogP contribution in [0.4, 0.5) is 11.6 Å². The lowest BCUT2D eigenvalue weighted by molar-refractivity contribution is 0.0663. The minimum absolute atomic E-state index is 0.0606. The first-order valence-corrected chi connectivity index (χ1v) is 6.36. The summed E-state index contributed by atoms with van der Waals surface area (Å²) < 4.78 is 5.24. The van der Waals surface area contributed by atoms with Crippen molar-refractivity contribution in [1.82, 2.24) is 0 Å². The van der Waals surface area contributed by atoms with Gasteiger partial charge in [0.2, 0.25) is 5.76 Å². The van der Waals surface area contributed by atoms with Gasteiger partial charge in [-0.05, 0) is 30.0 Å². The van der Waals surface area contributed by atoms with Crippen LogP contribution in [0.2, 0.25) is 0 Å². The fourth-order valence-corrected chi connectivity index (χ4v) is 2.05. The van der Waals surface area contributed by atoms with E-state index >= 15 is 0 Å². The molecule has 1 aromatic heterocycles. The maximum absolute atomic E-state index is 10.8. The van der Waals surface area contributed by atoms with Gasteiger partial charge in [0, 0.05) is 11.8 Å². The molecule has 100 valence electrons. The van der Waals surface area contributed by atoms with Crippen molar-refractivity contribution in [2.75, 3.05) is 5.32 Å². The lowest BCUT2D eigenvalue weighted by atomic mass is 10.0. The second-order valence-corrected chi connectivity index (χ2v) is 4.25. The zero-order valence-corrected chi connectivity index (χ0v) is 11.1. The summed E-state index contributed by atoms with van der Waals surface area (Å²) >= 11 is 0. The van der Waals surface area contributed by atoms with Gasteiger partial charge in [0.1, 0.15) is 0 Å². The highest BCUT2D eigenvalue weighted by atomic mass is 16.4. The Bertz CT molecular complexity index is 565. The Morgan fingerprint density at radius 2 is 1.79 bits per heavy atom. The SMILES string of the molecule is CCc1cccc(CC)c1Nc1ccc(C(=O)O)o1. The van der Waals surface area contributed by atoms with Crippen LogP contribution in [0.15, 0.2) is 34.7 Å². The fourth-order valence-electron chi connectivity index (χ4n) is 2.05. The third-order valence-electron chi connectivity index (χ3n) is 3.06. The lowest BCUT2D eigenvalue weighted by Gasteiger charge is -2.13. The molecular formula is C15H17NO3. The first-order chi connectivity index (χ1) is 9.15. The number of carbonyl (C=O) groups is 1. The largest absolute Gasteiger partial charge is 0.475 e. The van der Waals surface area contributed by atoms with Gasteiger partial charge in [-0.25, -0.2) is 4.79 Å². The Hall–Kier alpha value is -2.23. The van der Waals surface area contributed by atoms with Crippen LogP contribution in [0.1, 0.15) is 35.5 Å². The maximum Gasteiger partial charge on any atom is 0.371 e. The van der Waals surface area contributed by atoms with Crippen LogP contribution < -0.4 is 5.32 Å². The van der Waals surface area contributed by atoms with E-state index in [4.69, 9.17) is 9.52 Å². The van der Waals surface area contributed by atoms with Crippen molar-refractivity contribution in [1.29, 1.82) is 0 Å². The molecule has 0 aliphatic rings. The molecule has 2 rings (SSSR count). The predicted molar refractivity (Wildman–Crippen MR) is 74.1 cm³/mol. The number of anilines is 2. The van der Waals surface area contributed by atoms with Crippen molar-refractivity contribution >= 4 is 17.5 Å². The first kappa shape index (κ1) is 13.2. The molecule has 0 radical (unpaired) electrons. The molecule has 4 nitrogen and oxygen atoms in total. The predicted octanol–water partition coefficient (Wildman–Crippen LogP) is 3.85. The summed E-state index contributed by atoms with van der Waals surface area (Å²) in [6, 6.07) is 9.24. The minimum atomic E-state index is -1.06. The molecule has 0 saturated carbocycles. The van der Waals surface area contributed by atoms with Crippen LogP contribution in [0.3, 0.4) is 0 Å². The average Bonchev–Trinajstić information content (AvgIpc) is 2.87. The molecule has 0 aliphatic carbocycles. The highest BCUT2D eigenvalue weighted by molar-refractivity contribution is 5.85. The molecule has 0 bridgehead atoms. The average molecular weight is 259 g/mol. The summed E-state index contributed by atoms with van der Waals surface area (Å²) in [5.41, 5.74) is 3.39. The third-order valence-corrected chi connectivity index (χ3v) is 3.06. The van der Waals surface area contributed by atoms with E-state index in [0.717, 1.165) is 18.5 Å². The molecule has 1 heterocycles. The number of aromatic carboxylic acids is 1. The van der Waals surface area contributed by atoms with Gasteiger partial charge in [-0.2, -0.15) is 0 Å². The summed E-state index contributed by atoms with van der Waals surface area (Å²) in [5.74, 6) is -0.671. The Kier molecular flexibility index (Phi) is 3.90. The Morgan fingerprint density at radius 3 is 2.26 bits per heavy atom. The van der Waals surface area contributed by atoms with E-state index in [1.54, 1.807) is 6.07 Å². The van der Waals surface area contributed by atoms with Gasteiger partial charge in [-0.1, -0.05) is 32.0 Å². The van der Waals surface area contributed by atoms with Crippen LogP contribution in [0.5, 0.6) is 0 Å². The van der Waals surface area contributed by atoms with Gasteiger partial charge in [-0.15, -0.1) is 0 Å².